The first-order valence-electron chi connectivity index (χ1n) is 11.1. The second-order valence-electron chi connectivity index (χ2n) is 8.63. The number of nitrogens with zero attached hydrogens (tertiary/aromatic N) is 6. The third kappa shape index (κ3) is 3.81. The summed E-state index contributed by atoms with van der Waals surface area (Å²) in [6.45, 7) is 0.789. The highest BCUT2D eigenvalue weighted by Crippen LogP contribution is 2.32. The minimum Gasteiger partial charge on any atom is -0.336 e. The van der Waals surface area contributed by atoms with E-state index < -0.39 is 0 Å². The molecule has 0 bridgehead atoms. The van der Waals surface area contributed by atoms with Gasteiger partial charge >= 0.3 is 0 Å². The van der Waals surface area contributed by atoms with Gasteiger partial charge in [-0.1, -0.05) is 12.1 Å². The number of hydrogen-bond donors (Lipinski definition) is 2. The van der Waals surface area contributed by atoms with Crippen LogP contribution in [-0.2, 0) is 6.54 Å². The highest BCUT2D eigenvalue weighted by molar-refractivity contribution is 5.96. The van der Waals surface area contributed by atoms with Gasteiger partial charge in [0.25, 0.3) is 0 Å². The minimum absolute atomic E-state index is 0.344. The molecule has 172 valence electrons. The quantitative estimate of drug-likeness (QED) is 0.379. The van der Waals surface area contributed by atoms with Gasteiger partial charge in [0.2, 0.25) is 0 Å². The Morgan fingerprint density at radius 2 is 1.83 bits per heavy atom. The predicted octanol–water partition coefficient (Wildman–Crippen LogP) is 4.83. The SMILES string of the molecule is CN(C)Cc1cncc(-c2cc3c(-c4nc5c(-c6ccccc6F)nccc5[nH]4)n[nH]c3cn2)c1. The first-order valence-corrected chi connectivity index (χ1v) is 11.1. The van der Waals surface area contributed by atoms with Crippen LogP contribution in [0.15, 0.2) is 67.3 Å². The molecule has 1 aromatic carbocycles. The molecule has 6 rings (SSSR count). The molecule has 0 atom stereocenters. The monoisotopic (exact) mass is 464 g/mol. The summed E-state index contributed by atoms with van der Waals surface area (Å²) in [5.74, 6) is 0.219. The summed E-state index contributed by atoms with van der Waals surface area (Å²) in [5.41, 5.74) is 6.47. The Bertz CT molecular complexity index is 1680. The molecule has 2 N–H and O–H groups in total. The molecule has 8 nitrogen and oxygen atoms in total. The van der Waals surface area contributed by atoms with Crippen LogP contribution in [0.25, 0.3) is 56.0 Å². The number of benzene rings is 1. The van der Waals surface area contributed by atoms with Crippen LogP contribution in [-0.4, -0.2) is 54.1 Å². The van der Waals surface area contributed by atoms with Crippen molar-refractivity contribution in [1.29, 1.82) is 0 Å². The summed E-state index contributed by atoms with van der Waals surface area (Å²) < 4.78 is 14.5. The van der Waals surface area contributed by atoms with E-state index in [2.05, 4.69) is 41.1 Å². The molecule has 0 fully saturated rings. The van der Waals surface area contributed by atoms with Crippen molar-refractivity contribution in [2.24, 2.45) is 0 Å². The number of nitrogens with one attached hydrogen (secondary N) is 2. The summed E-state index contributed by atoms with van der Waals surface area (Å²) in [6.07, 6.45) is 7.07. The molecule has 35 heavy (non-hydrogen) atoms. The van der Waals surface area contributed by atoms with Gasteiger partial charge in [0.1, 0.15) is 22.7 Å². The van der Waals surface area contributed by atoms with E-state index in [1.807, 2.05) is 32.4 Å². The topological polar surface area (TPSA) is 99.3 Å². The molecule has 0 aliphatic rings. The maximum Gasteiger partial charge on any atom is 0.159 e. The van der Waals surface area contributed by atoms with Gasteiger partial charge in [-0.3, -0.25) is 20.1 Å². The smallest absolute Gasteiger partial charge is 0.159 e. The van der Waals surface area contributed by atoms with E-state index in [1.165, 1.54) is 6.07 Å². The van der Waals surface area contributed by atoms with Gasteiger partial charge in [0.15, 0.2) is 5.82 Å². The van der Waals surface area contributed by atoms with E-state index in [1.54, 1.807) is 36.8 Å². The summed E-state index contributed by atoms with van der Waals surface area (Å²) in [4.78, 5) is 23.6. The number of imidazole rings is 1. The van der Waals surface area contributed by atoms with Crippen LogP contribution in [0.4, 0.5) is 4.39 Å². The molecule has 5 aromatic heterocycles. The van der Waals surface area contributed by atoms with Gasteiger partial charge in [0.05, 0.1) is 22.9 Å². The van der Waals surface area contributed by atoms with Crippen molar-refractivity contribution in [1.82, 2.24) is 40.0 Å². The highest BCUT2D eigenvalue weighted by Gasteiger charge is 2.18. The summed E-state index contributed by atoms with van der Waals surface area (Å²) in [5, 5.41) is 8.40. The average molecular weight is 465 g/mol. The molecule has 0 amide bonds. The summed E-state index contributed by atoms with van der Waals surface area (Å²) >= 11 is 0. The van der Waals surface area contributed by atoms with E-state index in [4.69, 9.17) is 4.98 Å². The van der Waals surface area contributed by atoms with Crippen molar-refractivity contribution in [2.45, 2.75) is 6.54 Å². The fourth-order valence-electron chi connectivity index (χ4n) is 4.23. The summed E-state index contributed by atoms with van der Waals surface area (Å²) in [7, 11) is 4.05. The number of fused-ring (bicyclic) bond motifs is 2. The predicted molar refractivity (Wildman–Crippen MR) is 133 cm³/mol. The standard InChI is InChI=1S/C26H21FN8/c1-35(2)14-15-9-16(12-28-11-15)21-10-18-22(13-30-21)33-34-24(18)26-31-20-7-8-29-23(25(20)32-26)17-5-3-4-6-19(17)27/h3-13H,14H2,1-2H3,(H,31,32)(H,33,34). The fourth-order valence-corrected chi connectivity index (χ4v) is 4.23. The number of hydrogen-bond acceptors (Lipinski definition) is 6. The van der Waals surface area contributed by atoms with Gasteiger partial charge < -0.3 is 9.88 Å². The average Bonchev–Trinajstić information content (AvgIpc) is 3.47. The number of pyridine rings is 3. The zero-order valence-electron chi connectivity index (χ0n) is 19.1. The van der Waals surface area contributed by atoms with Crippen LogP contribution in [0.1, 0.15) is 5.56 Å². The molecule has 0 radical (unpaired) electrons. The van der Waals surface area contributed by atoms with Crippen molar-refractivity contribution in [3.05, 3.63) is 78.6 Å². The number of H-pyrrole nitrogens is 2. The molecular formula is C26H21FN8. The minimum atomic E-state index is -0.344. The summed E-state index contributed by atoms with van der Waals surface area (Å²) in [6, 6.07) is 12.4. The van der Waals surface area contributed by atoms with Crippen molar-refractivity contribution in [3.8, 4) is 34.0 Å². The van der Waals surface area contributed by atoms with E-state index in [9.17, 15) is 4.39 Å². The third-order valence-electron chi connectivity index (χ3n) is 5.79. The van der Waals surface area contributed by atoms with E-state index in [-0.39, 0.29) is 5.82 Å². The molecule has 6 aromatic rings. The lowest BCUT2D eigenvalue weighted by Crippen LogP contribution is -2.10. The molecule has 0 aliphatic carbocycles. The molecule has 0 unspecified atom stereocenters. The van der Waals surface area contributed by atoms with Crippen LogP contribution >= 0.6 is 0 Å². The van der Waals surface area contributed by atoms with Gasteiger partial charge in [-0.2, -0.15) is 5.10 Å². The molecule has 9 heteroatoms. The first kappa shape index (κ1) is 21.1. The van der Waals surface area contributed by atoms with Crippen molar-refractivity contribution in [3.63, 3.8) is 0 Å². The molecular weight excluding hydrogens is 443 g/mol. The van der Waals surface area contributed by atoms with Crippen LogP contribution in [0.2, 0.25) is 0 Å². The van der Waals surface area contributed by atoms with E-state index in [0.717, 1.165) is 39.8 Å². The van der Waals surface area contributed by atoms with E-state index >= 15 is 0 Å². The van der Waals surface area contributed by atoms with Gasteiger partial charge in [0, 0.05) is 41.6 Å². The van der Waals surface area contributed by atoms with Crippen LogP contribution in [0.3, 0.4) is 0 Å². The number of aromatic nitrogens is 7. The highest BCUT2D eigenvalue weighted by atomic mass is 19.1. The largest absolute Gasteiger partial charge is 0.336 e. The Morgan fingerprint density at radius 3 is 2.69 bits per heavy atom. The van der Waals surface area contributed by atoms with E-state index in [0.29, 0.717) is 28.3 Å². The van der Waals surface area contributed by atoms with Crippen LogP contribution in [0, 0.1) is 5.82 Å². The third-order valence-corrected chi connectivity index (χ3v) is 5.79. The van der Waals surface area contributed by atoms with Gasteiger partial charge in [-0.05, 0) is 50.0 Å². The van der Waals surface area contributed by atoms with Crippen molar-refractivity contribution >= 4 is 21.9 Å². The lowest BCUT2D eigenvalue weighted by molar-refractivity contribution is 0.402. The van der Waals surface area contributed by atoms with Gasteiger partial charge in [-0.15, -0.1) is 0 Å². The molecule has 5 heterocycles. The fraction of sp³-hybridized carbons (Fsp3) is 0.115. The lowest BCUT2D eigenvalue weighted by Gasteiger charge is -2.10. The zero-order chi connectivity index (χ0) is 23.9. The maximum atomic E-state index is 14.5. The Kier molecular flexibility index (Phi) is 5.04. The Morgan fingerprint density at radius 1 is 0.943 bits per heavy atom. The number of aromatic amines is 2. The van der Waals surface area contributed by atoms with Crippen molar-refractivity contribution in [2.75, 3.05) is 14.1 Å². The Labute approximate surface area is 199 Å². The maximum absolute atomic E-state index is 14.5. The van der Waals surface area contributed by atoms with Crippen LogP contribution < -0.4 is 0 Å². The number of rotatable bonds is 5. The molecule has 0 saturated carbocycles. The zero-order valence-corrected chi connectivity index (χ0v) is 19.1. The number of halogens is 1. The Hall–Kier alpha value is -4.50. The van der Waals surface area contributed by atoms with Gasteiger partial charge in [-0.25, -0.2) is 9.37 Å². The molecule has 0 saturated heterocycles. The molecule has 0 spiro atoms. The normalized spacial score (nSPS) is 11.7. The lowest BCUT2D eigenvalue weighted by atomic mass is 10.1. The second-order valence-corrected chi connectivity index (χ2v) is 8.63. The van der Waals surface area contributed by atoms with Crippen molar-refractivity contribution < 1.29 is 4.39 Å². The first-order chi connectivity index (χ1) is 17.1. The van der Waals surface area contributed by atoms with Crippen LogP contribution in [0.5, 0.6) is 0 Å². The molecule has 0 aliphatic heterocycles. The second kappa shape index (κ2) is 8.37. The Balaban J connectivity index is 1.46.